The highest BCUT2D eigenvalue weighted by molar-refractivity contribution is 7.91. The zero-order chi connectivity index (χ0) is 35.0. The van der Waals surface area contributed by atoms with Crippen molar-refractivity contribution in [3.63, 3.8) is 0 Å². The monoisotopic (exact) mass is 682 g/mol. The van der Waals surface area contributed by atoms with Gasteiger partial charge < -0.3 is 29.0 Å². The van der Waals surface area contributed by atoms with Gasteiger partial charge in [-0.05, 0) is 54.4 Å². The van der Waals surface area contributed by atoms with E-state index in [1.807, 2.05) is 6.92 Å². The molecular formula is C34H38N2O11S. The van der Waals surface area contributed by atoms with Crippen LogP contribution in [0.3, 0.4) is 0 Å². The minimum atomic E-state index is -3.69. The standard InChI is InChI=1S/C34H38N2O11S/c1-20-6-12-28(13-7-20)48(41,42)19-29(26-14-16-35-17-15-26)25-8-10-27(11-9-25)36-34-33(46-24(5)40)32(45-23(4)39)31(44-22(3)38)30(47-34)18-43-21(2)37/h6-17,29-34,36H,18-19H2,1-5H3/t29-,30?,31+,32?,33?,34+/m0/s1. The molecule has 1 saturated heterocycles. The van der Waals surface area contributed by atoms with Gasteiger partial charge in [0.25, 0.3) is 0 Å². The zero-order valence-corrected chi connectivity index (χ0v) is 28.0. The number of aromatic nitrogens is 1. The van der Waals surface area contributed by atoms with E-state index in [1.165, 1.54) is 6.92 Å². The summed E-state index contributed by atoms with van der Waals surface area (Å²) in [6, 6.07) is 17.1. The number of carbonyl (C=O) groups is 4. The lowest BCUT2D eigenvalue weighted by Gasteiger charge is -2.44. The van der Waals surface area contributed by atoms with E-state index in [2.05, 4.69) is 10.3 Å². The second-order valence-electron chi connectivity index (χ2n) is 11.3. The Kier molecular flexibility index (Phi) is 11.9. The Morgan fingerprint density at radius 1 is 0.750 bits per heavy atom. The van der Waals surface area contributed by atoms with Crippen molar-refractivity contribution in [2.24, 2.45) is 0 Å². The summed E-state index contributed by atoms with van der Waals surface area (Å²) in [6.07, 6.45) is -3.00. The van der Waals surface area contributed by atoms with Gasteiger partial charge in [0.05, 0.1) is 10.6 Å². The number of pyridine rings is 1. The Labute approximate surface area is 278 Å². The number of rotatable bonds is 12. The number of anilines is 1. The fourth-order valence-corrected chi connectivity index (χ4v) is 6.93. The Hall–Kier alpha value is -4.82. The SMILES string of the molecule is CC(=O)OCC1O[C@@H](Nc2ccc([C@H](CS(=O)(=O)c3ccc(C)cc3)c3ccncc3)cc2)C(OC(C)=O)C(OC(C)=O)[C@@H]1OC(C)=O. The normalized spacial score (nSPS) is 21.3. The van der Waals surface area contributed by atoms with Crippen LogP contribution in [0.4, 0.5) is 5.69 Å². The summed E-state index contributed by atoms with van der Waals surface area (Å²) < 4.78 is 54.7. The van der Waals surface area contributed by atoms with Crippen LogP contribution < -0.4 is 5.32 Å². The minimum absolute atomic E-state index is 0.202. The van der Waals surface area contributed by atoms with Crippen LogP contribution in [0.5, 0.6) is 0 Å². The molecule has 48 heavy (non-hydrogen) atoms. The molecule has 256 valence electrons. The summed E-state index contributed by atoms with van der Waals surface area (Å²) in [5.41, 5.74) is 2.86. The lowest BCUT2D eigenvalue weighted by atomic mass is 9.93. The van der Waals surface area contributed by atoms with Crippen LogP contribution in [0.2, 0.25) is 0 Å². The number of carbonyl (C=O) groups excluding carboxylic acids is 4. The molecule has 0 spiro atoms. The molecule has 13 nitrogen and oxygen atoms in total. The first kappa shape index (κ1) is 36.0. The number of hydrogen-bond acceptors (Lipinski definition) is 13. The van der Waals surface area contributed by atoms with E-state index in [-0.39, 0.29) is 17.3 Å². The van der Waals surface area contributed by atoms with Crippen LogP contribution in [0.15, 0.2) is 78.0 Å². The first-order valence-corrected chi connectivity index (χ1v) is 16.7. The molecule has 0 amide bonds. The average Bonchev–Trinajstić information content (AvgIpc) is 3.02. The van der Waals surface area contributed by atoms with Crippen LogP contribution in [-0.2, 0) is 52.7 Å². The maximum atomic E-state index is 13.5. The highest BCUT2D eigenvalue weighted by Crippen LogP contribution is 2.32. The van der Waals surface area contributed by atoms with Crippen LogP contribution in [0, 0.1) is 6.92 Å². The lowest BCUT2D eigenvalue weighted by molar-refractivity contribution is -0.247. The first-order chi connectivity index (χ1) is 22.7. The molecule has 1 aliphatic heterocycles. The summed E-state index contributed by atoms with van der Waals surface area (Å²) in [5, 5.41) is 3.12. The lowest BCUT2D eigenvalue weighted by Crippen LogP contribution is -2.64. The van der Waals surface area contributed by atoms with Crippen molar-refractivity contribution in [2.75, 3.05) is 17.7 Å². The van der Waals surface area contributed by atoms with E-state index >= 15 is 0 Å². The second kappa shape index (κ2) is 15.8. The van der Waals surface area contributed by atoms with Gasteiger partial charge in [0.15, 0.2) is 34.4 Å². The number of benzene rings is 2. The van der Waals surface area contributed by atoms with Gasteiger partial charge in [0.1, 0.15) is 12.7 Å². The summed E-state index contributed by atoms with van der Waals surface area (Å²) >= 11 is 0. The Morgan fingerprint density at radius 3 is 1.85 bits per heavy atom. The molecule has 1 fully saturated rings. The number of aryl methyl sites for hydroxylation is 1. The van der Waals surface area contributed by atoms with Crippen LogP contribution in [0.1, 0.15) is 50.3 Å². The van der Waals surface area contributed by atoms with E-state index in [9.17, 15) is 27.6 Å². The number of nitrogens with zero attached hydrogens (tertiary/aromatic N) is 1. The molecule has 2 aromatic carbocycles. The highest BCUT2D eigenvalue weighted by atomic mass is 32.2. The van der Waals surface area contributed by atoms with Gasteiger partial charge in [0, 0.05) is 51.7 Å². The maximum absolute atomic E-state index is 13.5. The average molecular weight is 683 g/mol. The molecule has 0 radical (unpaired) electrons. The summed E-state index contributed by atoms with van der Waals surface area (Å²) in [7, 11) is -3.69. The molecule has 4 rings (SSSR count). The Balaban J connectivity index is 1.66. The molecule has 2 heterocycles. The third-order valence-electron chi connectivity index (χ3n) is 7.49. The molecule has 14 heteroatoms. The van der Waals surface area contributed by atoms with Gasteiger partial charge >= 0.3 is 23.9 Å². The molecule has 1 aliphatic rings. The summed E-state index contributed by atoms with van der Waals surface area (Å²) in [5.74, 6) is -3.57. The van der Waals surface area contributed by atoms with Crippen molar-refractivity contribution in [2.45, 2.75) is 76.1 Å². The third kappa shape index (κ3) is 9.61. The van der Waals surface area contributed by atoms with E-state index in [0.717, 1.165) is 31.9 Å². The van der Waals surface area contributed by atoms with Crippen LogP contribution in [0.25, 0.3) is 0 Å². The molecule has 1 aromatic heterocycles. The van der Waals surface area contributed by atoms with E-state index in [0.29, 0.717) is 11.3 Å². The number of esters is 4. The zero-order valence-electron chi connectivity index (χ0n) is 27.2. The van der Waals surface area contributed by atoms with Gasteiger partial charge in [-0.25, -0.2) is 8.42 Å². The Morgan fingerprint density at radius 2 is 1.29 bits per heavy atom. The first-order valence-electron chi connectivity index (χ1n) is 15.1. The van der Waals surface area contributed by atoms with Crippen molar-refractivity contribution in [1.29, 1.82) is 0 Å². The predicted octanol–water partition coefficient (Wildman–Crippen LogP) is 3.49. The van der Waals surface area contributed by atoms with Gasteiger partial charge in [-0.1, -0.05) is 29.8 Å². The number of nitrogens with one attached hydrogen (secondary N) is 1. The fourth-order valence-electron chi connectivity index (χ4n) is 5.36. The topological polar surface area (TPSA) is 173 Å². The molecule has 3 unspecified atom stereocenters. The largest absolute Gasteiger partial charge is 0.463 e. The Bertz CT molecular complexity index is 1700. The maximum Gasteiger partial charge on any atom is 0.303 e. The minimum Gasteiger partial charge on any atom is -0.463 e. The van der Waals surface area contributed by atoms with E-state index < -0.39 is 70.3 Å². The molecule has 0 bridgehead atoms. The fraction of sp³-hybridized carbons (Fsp3) is 0.382. The quantitative estimate of drug-likeness (QED) is 0.217. The highest BCUT2D eigenvalue weighted by Gasteiger charge is 2.52. The number of sulfone groups is 1. The van der Waals surface area contributed by atoms with Crippen molar-refractivity contribution in [1.82, 2.24) is 4.98 Å². The van der Waals surface area contributed by atoms with E-state index in [1.54, 1.807) is 73.1 Å². The smallest absolute Gasteiger partial charge is 0.303 e. The second-order valence-corrected chi connectivity index (χ2v) is 13.3. The summed E-state index contributed by atoms with van der Waals surface area (Å²) in [4.78, 5) is 52.2. The van der Waals surface area contributed by atoms with Gasteiger partial charge in [0.2, 0.25) is 0 Å². The molecule has 6 atom stereocenters. The van der Waals surface area contributed by atoms with Crippen molar-refractivity contribution in [3.8, 4) is 0 Å². The van der Waals surface area contributed by atoms with Gasteiger partial charge in [-0.2, -0.15) is 0 Å². The molecule has 1 N–H and O–H groups in total. The van der Waals surface area contributed by atoms with Crippen molar-refractivity contribution >= 4 is 39.4 Å². The van der Waals surface area contributed by atoms with Crippen molar-refractivity contribution in [3.05, 3.63) is 89.7 Å². The predicted molar refractivity (Wildman–Crippen MR) is 171 cm³/mol. The van der Waals surface area contributed by atoms with E-state index in [4.69, 9.17) is 23.7 Å². The molecule has 0 saturated carbocycles. The number of hydrogen-bond donors (Lipinski definition) is 1. The summed E-state index contributed by atoms with van der Waals surface area (Å²) in [6.45, 7) is 6.16. The molecular weight excluding hydrogens is 644 g/mol. The van der Waals surface area contributed by atoms with Gasteiger partial charge in [-0.3, -0.25) is 24.2 Å². The van der Waals surface area contributed by atoms with Crippen molar-refractivity contribution < 1.29 is 51.3 Å². The molecule has 0 aliphatic carbocycles. The third-order valence-corrected chi connectivity index (χ3v) is 9.25. The van der Waals surface area contributed by atoms with Gasteiger partial charge in [-0.15, -0.1) is 0 Å². The number of ether oxygens (including phenoxy) is 5. The van der Waals surface area contributed by atoms with Crippen LogP contribution >= 0.6 is 0 Å². The molecule has 3 aromatic rings. The van der Waals surface area contributed by atoms with Crippen LogP contribution in [-0.4, -0.2) is 80.3 Å².